The van der Waals surface area contributed by atoms with E-state index in [1.54, 1.807) is 5.38 Å². The second-order valence-electron chi connectivity index (χ2n) is 3.87. The van der Waals surface area contributed by atoms with E-state index < -0.39 is 5.97 Å². The highest BCUT2D eigenvalue weighted by Gasteiger charge is 2.11. The van der Waals surface area contributed by atoms with E-state index in [0.29, 0.717) is 16.4 Å². The van der Waals surface area contributed by atoms with Crippen molar-refractivity contribution in [2.45, 2.75) is 13.5 Å². The highest BCUT2D eigenvalue weighted by Crippen LogP contribution is 2.26. The van der Waals surface area contributed by atoms with Crippen LogP contribution in [0.4, 0.5) is 5.69 Å². The summed E-state index contributed by atoms with van der Waals surface area (Å²) < 4.78 is 0. The molecule has 0 saturated heterocycles. The Hall–Kier alpha value is -1.52. The summed E-state index contributed by atoms with van der Waals surface area (Å²) in [5.41, 5.74) is 2.58. The zero-order valence-electron chi connectivity index (χ0n) is 9.74. The number of aromatic carboxylic acids is 1. The summed E-state index contributed by atoms with van der Waals surface area (Å²) in [4.78, 5) is 11.3. The molecular weight excluding hydrogens is 270 g/mol. The fourth-order valence-corrected chi connectivity index (χ4v) is 2.59. The van der Waals surface area contributed by atoms with E-state index in [2.05, 4.69) is 5.32 Å². The molecule has 0 aliphatic rings. The fraction of sp³-hybridized carbons (Fsp3) is 0.154. The van der Waals surface area contributed by atoms with Gasteiger partial charge in [0.15, 0.2) is 0 Å². The molecule has 0 fully saturated rings. The van der Waals surface area contributed by atoms with Gasteiger partial charge in [0.1, 0.15) is 4.88 Å². The molecule has 3 nitrogen and oxygen atoms in total. The zero-order valence-corrected chi connectivity index (χ0v) is 11.3. The van der Waals surface area contributed by atoms with Crippen LogP contribution in [0.5, 0.6) is 0 Å². The molecule has 0 saturated carbocycles. The number of nitrogens with one attached hydrogen (secondary N) is 1. The lowest BCUT2D eigenvalue weighted by Gasteiger charge is -2.09. The first-order valence-corrected chi connectivity index (χ1v) is 6.64. The van der Waals surface area contributed by atoms with Crippen molar-refractivity contribution in [1.29, 1.82) is 0 Å². The van der Waals surface area contributed by atoms with Gasteiger partial charge < -0.3 is 10.4 Å². The highest BCUT2D eigenvalue weighted by molar-refractivity contribution is 7.12. The maximum atomic E-state index is 11.0. The molecule has 0 bridgehead atoms. The molecule has 0 aliphatic carbocycles. The van der Waals surface area contributed by atoms with Gasteiger partial charge in [-0.25, -0.2) is 4.79 Å². The van der Waals surface area contributed by atoms with Crippen molar-refractivity contribution in [1.82, 2.24) is 0 Å². The Labute approximate surface area is 114 Å². The first-order chi connectivity index (χ1) is 8.59. The normalized spacial score (nSPS) is 10.3. The van der Waals surface area contributed by atoms with Gasteiger partial charge in [0.05, 0.1) is 10.7 Å². The topological polar surface area (TPSA) is 49.3 Å². The molecule has 0 radical (unpaired) electrons. The van der Waals surface area contributed by atoms with Crippen LogP contribution in [0.25, 0.3) is 0 Å². The number of aryl methyl sites for hydroxylation is 1. The van der Waals surface area contributed by atoms with Crippen molar-refractivity contribution in [3.63, 3.8) is 0 Å². The van der Waals surface area contributed by atoms with Crippen LogP contribution in [-0.2, 0) is 6.54 Å². The van der Waals surface area contributed by atoms with Gasteiger partial charge in [-0.05, 0) is 35.6 Å². The zero-order chi connectivity index (χ0) is 13.1. The van der Waals surface area contributed by atoms with Crippen LogP contribution in [0.15, 0.2) is 29.6 Å². The Morgan fingerprint density at radius 3 is 2.94 bits per heavy atom. The number of halogens is 1. The monoisotopic (exact) mass is 281 g/mol. The van der Waals surface area contributed by atoms with Gasteiger partial charge >= 0.3 is 5.97 Å². The minimum atomic E-state index is -0.892. The summed E-state index contributed by atoms with van der Waals surface area (Å²) in [5, 5.41) is 14.6. The van der Waals surface area contributed by atoms with Gasteiger partial charge in [0.2, 0.25) is 0 Å². The molecule has 5 heteroatoms. The molecule has 0 amide bonds. The predicted molar refractivity (Wildman–Crippen MR) is 74.8 cm³/mol. The van der Waals surface area contributed by atoms with Crippen LogP contribution in [0.3, 0.4) is 0 Å². The molecule has 18 heavy (non-hydrogen) atoms. The third kappa shape index (κ3) is 2.66. The van der Waals surface area contributed by atoms with E-state index >= 15 is 0 Å². The Bertz CT molecular complexity index is 580. The summed E-state index contributed by atoms with van der Waals surface area (Å²) in [5.74, 6) is -0.892. The van der Waals surface area contributed by atoms with E-state index in [-0.39, 0.29) is 0 Å². The summed E-state index contributed by atoms with van der Waals surface area (Å²) in [6, 6.07) is 7.53. The number of thiophene rings is 1. The average Bonchev–Trinajstić information content (AvgIpc) is 2.79. The molecule has 1 aromatic carbocycles. The molecule has 0 atom stereocenters. The van der Waals surface area contributed by atoms with Crippen molar-refractivity contribution in [2.24, 2.45) is 0 Å². The van der Waals surface area contributed by atoms with E-state index in [9.17, 15) is 4.79 Å². The largest absolute Gasteiger partial charge is 0.477 e. The molecule has 2 aromatic rings. The smallest absolute Gasteiger partial charge is 0.346 e. The molecule has 0 unspecified atom stereocenters. The lowest BCUT2D eigenvalue weighted by molar-refractivity contribution is 0.0701. The predicted octanol–water partition coefficient (Wildman–Crippen LogP) is 4.02. The minimum absolute atomic E-state index is 0.367. The van der Waals surface area contributed by atoms with Crippen molar-refractivity contribution in [3.05, 3.63) is 50.7 Å². The van der Waals surface area contributed by atoms with Crippen LogP contribution in [-0.4, -0.2) is 11.1 Å². The van der Waals surface area contributed by atoms with Gasteiger partial charge in [-0.3, -0.25) is 0 Å². The maximum Gasteiger partial charge on any atom is 0.346 e. The van der Waals surface area contributed by atoms with Crippen LogP contribution in [0.1, 0.15) is 20.8 Å². The summed E-state index contributed by atoms with van der Waals surface area (Å²) in [6.07, 6.45) is 0. The van der Waals surface area contributed by atoms with Crippen LogP contribution in [0.2, 0.25) is 5.02 Å². The number of carboxylic acids is 1. The van der Waals surface area contributed by atoms with Crippen molar-refractivity contribution >= 4 is 34.6 Å². The average molecular weight is 282 g/mol. The Morgan fingerprint density at radius 1 is 1.44 bits per heavy atom. The summed E-state index contributed by atoms with van der Waals surface area (Å²) in [7, 11) is 0. The SMILES string of the molecule is Cc1cccc(NCc2ccsc2C(=O)O)c1Cl. The lowest BCUT2D eigenvalue weighted by atomic mass is 10.2. The quantitative estimate of drug-likeness (QED) is 0.890. The first kappa shape index (κ1) is 12.9. The minimum Gasteiger partial charge on any atom is -0.477 e. The Morgan fingerprint density at radius 2 is 2.22 bits per heavy atom. The second kappa shape index (κ2) is 5.42. The molecule has 94 valence electrons. The lowest BCUT2D eigenvalue weighted by Crippen LogP contribution is -2.04. The standard InChI is InChI=1S/C13H12ClNO2S/c1-8-3-2-4-10(11(8)14)15-7-9-5-6-18-12(9)13(16)17/h2-6,15H,7H2,1H3,(H,16,17). The number of hydrogen-bond acceptors (Lipinski definition) is 3. The number of carbonyl (C=O) groups is 1. The maximum absolute atomic E-state index is 11.0. The second-order valence-corrected chi connectivity index (χ2v) is 5.16. The summed E-state index contributed by atoms with van der Waals surface area (Å²) in [6.45, 7) is 2.38. The van der Waals surface area contributed by atoms with Gasteiger partial charge in [-0.1, -0.05) is 23.7 Å². The third-order valence-corrected chi connectivity index (χ3v) is 4.05. The Kier molecular flexibility index (Phi) is 3.89. The molecule has 0 aliphatic heterocycles. The van der Waals surface area contributed by atoms with Gasteiger partial charge in [0, 0.05) is 6.54 Å². The molecule has 1 aromatic heterocycles. The molecule has 0 spiro atoms. The van der Waals surface area contributed by atoms with Crippen molar-refractivity contribution in [3.8, 4) is 0 Å². The number of anilines is 1. The van der Waals surface area contributed by atoms with Crippen LogP contribution >= 0.6 is 22.9 Å². The first-order valence-electron chi connectivity index (χ1n) is 5.38. The number of benzene rings is 1. The molecule has 1 heterocycles. The van der Waals surface area contributed by atoms with Crippen molar-refractivity contribution < 1.29 is 9.90 Å². The third-order valence-electron chi connectivity index (χ3n) is 2.60. The van der Waals surface area contributed by atoms with E-state index in [1.807, 2.05) is 31.2 Å². The number of carboxylic acid groups (broad SMARTS) is 1. The molecular formula is C13H12ClNO2S. The molecule has 2 N–H and O–H groups in total. The highest BCUT2D eigenvalue weighted by atomic mass is 35.5. The molecule has 2 rings (SSSR count). The van der Waals surface area contributed by atoms with E-state index in [4.69, 9.17) is 16.7 Å². The Balaban J connectivity index is 2.14. The van der Waals surface area contributed by atoms with Gasteiger partial charge in [-0.15, -0.1) is 11.3 Å². The van der Waals surface area contributed by atoms with Gasteiger partial charge in [0.25, 0.3) is 0 Å². The van der Waals surface area contributed by atoms with Crippen LogP contribution < -0.4 is 5.32 Å². The van der Waals surface area contributed by atoms with E-state index in [1.165, 1.54) is 11.3 Å². The fourth-order valence-electron chi connectivity index (χ4n) is 1.64. The number of hydrogen-bond donors (Lipinski definition) is 2. The van der Waals surface area contributed by atoms with E-state index in [0.717, 1.165) is 16.8 Å². The van der Waals surface area contributed by atoms with Gasteiger partial charge in [-0.2, -0.15) is 0 Å². The van der Waals surface area contributed by atoms with Crippen molar-refractivity contribution in [2.75, 3.05) is 5.32 Å². The number of rotatable bonds is 4. The summed E-state index contributed by atoms with van der Waals surface area (Å²) >= 11 is 7.39. The van der Waals surface area contributed by atoms with Crippen LogP contribution in [0, 0.1) is 6.92 Å².